The number of likely N-dealkylation sites (N-methyl/N-ethyl adjacent to an activating group) is 1. The molecule has 0 unspecified atom stereocenters. The summed E-state index contributed by atoms with van der Waals surface area (Å²) in [6, 6.07) is 16.7. The maximum atomic E-state index is 12.9. The number of benzene rings is 2. The number of nitriles is 1. The van der Waals surface area contributed by atoms with Crippen molar-refractivity contribution >= 4 is 11.7 Å². The summed E-state index contributed by atoms with van der Waals surface area (Å²) >= 11 is 0. The average Bonchev–Trinajstić information content (AvgIpc) is 3.03. The Morgan fingerprint density at radius 3 is 2.49 bits per heavy atom. The molecule has 7 nitrogen and oxygen atoms in total. The van der Waals surface area contributed by atoms with Gasteiger partial charge in [-0.3, -0.25) is 9.69 Å². The highest BCUT2D eigenvalue weighted by atomic mass is 19.3. The number of methoxy groups -OCH3 is 1. The molecule has 0 bridgehead atoms. The fourth-order valence-electron chi connectivity index (χ4n) is 3.88. The summed E-state index contributed by atoms with van der Waals surface area (Å²) in [4.78, 5) is 14.7. The van der Waals surface area contributed by atoms with Crippen molar-refractivity contribution in [2.45, 2.75) is 33.5 Å². The Morgan fingerprint density at radius 1 is 1.14 bits per heavy atom. The van der Waals surface area contributed by atoms with Gasteiger partial charge in [0.2, 0.25) is 5.91 Å². The highest BCUT2D eigenvalue weighted by Gasteiger charge is 2.20. The van der Waals surface area contributed by atoms with Crippen molar-refractivity contribution in [1.29, 1.82) is 5.26 Å². The topological polar surface area (TPSA) is 79.5 Å². The quantitative estimate of drug-likeness (QED) is 0.453. The van der Waals surface area contributed by atoms with Crippen molar-refractivity contribution in [2.24, 2.45) is 0 Å². The van der Waals surface area contributed by atoms with E-state index in [9.17, 15) is 18.8 Å². The van der Waals surface area contributed by atoms with Gasteiger partial charge in [-0.15, -0.1) is 0 Å². The summed E-state index contributed by atoms with van der Waals surface area (Å²) in [6.07, 6.45) is 0. The number of nitrogens with zero attached hydrogens (tertiary/aromatic N) is 3. The Balaban J connectivity index is 1.72. The van der Waals surface area contributed by atoms with E-state index in [-0.39, 0.29) is 24.0 Å². The highest BCUT2D eigenvalue weighted by Crippen LogP contribution is 2.30. The number of rotatable bonds is 10. The predicted octanol–water partition coefficient (Wildman–Crippen LogP) is 4.71. The number of halogens is 2. The molecule has 0 spiro atoms. The number of ether oxygens (including phenoxy) is 2. The summed E-state index contributed by atoms with van der Waals surface area (Å²) in [5.74, 6) is 0.324. The molecule has 0 saturated carbocycles. The molecule has 1 aromatic heterocycles. The fraction of sp³-hybridized carbons (Fsp3) is 0.308. The van der Waals surface area contributed by atoms with Crippen LogP contribution in [0.15, 0.2) is 48.5 Å². The molecule has 0 aliphatic rings. The first-order chi connectivity index (χ1) is 16.7. The van der Waals surface area contributed by atoms with Crippen LogP contribution in [0.2, 0.25) is 0 Å². The molecule has 0 saturated heterocycles. The number of aromatic nitrogens is 1. The summed E-state index contributed by atoms with van der Waals surface area (Å²) in [7, 11) is 3.14. The minimum absolute atomic E-state index is 0.0527. The summed E-state index contributed by atoms with van der Waals surface area (Å²) in [5.41, 5.74) is 3.98. The van der Waals surface area contributed by atoms with Crippen LogP contribution in [0.4, 0.5) is 14.6 Å². The number of alkyl halides is 2. The van der Waals surface area contributed by atoms with Crippen LogP contribution in [0, 0.1) is 25.2 Å². The number of anilines is 1. The van der Waals surface area contributed by atoms with Gasteiger partial charge in [-0.05, 0) is 49.7 Å². The second kappa shape index (κ2) is 11.5. The van der Waals surface area contributed by atoms with Crippen molar-refractivity contribution in [3.8, 4) is 17.6 Å². The van der Waals surface area contributed by atoms with Crippen molar-refractivity contribution in [3.05, 3.63) is 76.5 Å². The van der Waals surface area contributed by atoms with Gasteiger partial charge < -0.3 is 19.4 Å². The van der Waals surface area contributed by atoms with Crippen LogP contribution in [-0.4, -0.2) is 42.7 Å². The van der Waals surface area contributed by atoms with Crippen LogP contribution in [0.3, 0.4) is 0 Å². The van der Waals surface area contributed by atoms with Gasteiger partial charge in [-0.2, -0.15) is 14.0 Å². The zero-order valence-electron chi connectivity index (χ0n) is 20.1. The largest absolute Gasteiger partial charge is 0.493 e. The average molecular weight is 483 g/mol. The van der Waals surface area contributed by atoms with Gasteiger partial charge in [-0.1, -0.05) is 36.4 Å². The zero-order valence-corrected chi connectivity index (χ0v) is 20.1. The first kappa shape index (κ1) is 25.7. The summed E-state index contributed by atoms with van der Waals surface area (Å²) < 4.78 is 36.6. The minimum Gasteiger partial charge on any atom is -0.493 e. The van der Waals surface area contributed by atoms with Crippen LogP contribution >= 0.6 is 0 Å². The number of nitrogens with one attached hydrogen (secondary N) is 1. The molecule has 3 rings (SSSR count). The van der Waals surface area contributed by atoms with Gasteiger partial charge in [0.15, 0.2) is 11.5 Å². The lowest BCUT2D eigenvalue weighted by Gasteiger charge is -2.19. The molecule has 0 radical (unpaired) electrons. The lowest BCUT2D eigenvalue weighted by atomic mass is 10.2. The molecular formula is C26H28F2N4O3. The molecule has 1 heterocycles. The van der Waals surface area contributed by atoms with Gasteiger partial charge in [0.1, 0.15) is 11.9 Å². The Morgan fingerprint density at radius 2 is 1.86 bits per heavy atom. The van der Waals surface area contributed by atoms with Crippen LogP contribution in [0.25, 0.3) is 0 Å². The van der Waals surface area contributed by atoms with Gasteiger partial charge in [0.25, 0.3) is 0 Å². The normalized spacial score (nSPS) is 10.9. The van der Waals surface area contributed by atoms with E-state index in [0.29, 0.717) is 24.5 Å². The number of carbonyl (C=O) groups is 1. The summed E-state index contributed by atoms with van der Waals surface area (Å²) in [5, 5.41) is 12.6. The molecule has 1 amide bonds. The number of hydrogen-bond acceptors (Lipinski definition) is 5. The van der Waals surface area contributed by atoms with Crippen molar-refractivity contribution in [1.82, 2.24) is 9.47 Å². The highest BCUT2D eigenvalue weighted by molar-refractivity contribution is 5.93. The van der Waals surface area contributed by atoms with E-state index in [0.717, 1.165) is 22.4 Å². The third-order valence-electron chi connectivity index (χ3n) is 5.69. The van der Waals surface area contributed by atoms with Crippen molar-refractivity contribution in [2.75, 3.05) is 26.0 Å². The number of carbonyl (C=O) groups excluding carboxylic acids is 1. The third-order valence-corrected chi connectivity index (χ3v) is 5.69. The number of amides is 1. The van der Waals surface area contributed by atoms with E-state index < -0.39 is 6.61 Å². The monoisotopic (exact) mass is 482 g/mol. The molecule has 184 valence electrons. The van der Waals surface area contributed by atoms with E-state index >= 15 is 0 Å². The first-order valence-electron chi connectivity index (χ1n) is 11.0. The van der Waals surface area contributed by atoms with Crippen molar-refractivity contribution in [3.63, 3.8) is 0 Å². The minimum atomic E-state index is -2.95. The van der Waals surface area contributed by atoms with E-state index in [4.69, 9.17) is 4.74 Å². The van der Waals surface area contributed by atoms with Crippen LogP contribution in [-0.2, 0) is 17.9 Å². The number of hydrogen-bond donors (Lipinski definition) is 1. The lowest BCUT2D eigenvalue weighted by Crippen LogP contribution is -2.30. The van der Waals surface area contributed by atoms with Crippen LogP contribution in [0.1, 0.15) is 27.9 Å². The van der Waals surface area contributed by atoms with Crippen molar-refractivity contribution < 1.29 is 23.0 Å². The Labute approximate surface area is 203 Å². The third kappa shape index (κ3) is 6.37. The second-order valence-electron chi connectivity index (χ2n) is 8.20. The molecule has 0 aliphatic carbocycles. The lowest BCUT2D eigenvalue weighted by molar-refractivity contribution is -0.117. The van der Waals surface area contributed by atoms with Gasteiger partial charge in [-0.25, -0.2) is 0 Å². The summed E-state index contributed by atoms with van der Waals surface area (Å²) in [6.45, 7) is 1.78. The van der Waals surface area contributed by atoms with Crippen LogP contribution in [0.5, 0.6) is 11.5 Å². The molecule has 1 N–H and O–H groups in total. The smallest absolute Gasteiger partial charge is 0.387 e. The maximum Gasteiger partial charge on any atom is 0.387 e. The molecule has 2 aromatic carbocycles. The predicted molar refractivity (Wildman–Crippen MR) is 129 cm³/mol. The standard InChI is InChI=1S/C26H28F2N4O3/c1-17-18(2)32(15-19-8-6-5-7-9-19)25(21(17)13-29)30-24(33)16-31(3)14-20-10-11-22(35-26(27)28)23(12-20)34-4/h5-12,26H,14-16H2,1-4H3,(H,30,33). The molecular weight excluding hydrogens is 454 g/mol. The van der Waals surface area contributed by atoms with Gasteiger partial charge >= 0.3 is 6.61 Å². The molecule has 0 aliphatic heterocycles. The SMILES string of the molecule is COc1cc(CN(C)CC(=O)Nc2c(C#N)c(C)c(C)n2Cc2ccccc2)ccc1OC(F)F. The second-order valence-corrected chi connectivity index (χ2v) is 8.20. The zero-order chi connectivity index (χ0) is 25.5. The van der Waals surface area contributed by atoms with E-state index in [1.807, 2.05) is 48.7 Å². The maximum absolute atomic E-state index is 12.9. The molecule has 3 aromatic rings. The first-order valence-corrected chi connectivity index (χ1v) is 11.0. The van der Waals surface area contributed by atoms with Crippen LogP contribution < -0.4 is 14.8 Å². The molecule has 0 atom stereocenters. The molecule has 0 fully saturated rings. The van der Waals surface area contributed by atoms with E-state index in [2.05, 4.69) is 16.1 Å². The Kier molecular flexibility index (Phi) is 8.44. The molecule has 35 heavy (non-hydrogen) atoms. The van der Waals surface area contributed by atoms with E-state index in [1.165, 1.54) is 13.2 Å². The Bertz CT molecular complexity index is 1220. The van der Waals surface area contributed by atoms with Gasteiger partial charge in [0, 0.05) is 18.8 Å². The van der Waals surface area contributed by atoms with Gasteiger partial charge in [0.05, 0.1) is 19.2 Å². The van der Waals surface area contributed by atoms with E-state index in [1.54, 1.807) is 24.1 Å². The fourth-order valence-corrected chi connectivity index (χ4v) is 3.88. The molecule has 9 heteroatoms. The Hall–Kier alpha value is -3.90.